The van der Waals surface area contributed by atoms with Crippen LogP contribution in [-0.2, 0) is 11.2 Å². The molecule has 1 aliphatic rings. The van der Waals surface area contributed by atoms with Crippen molar-refractivity contribution in [2.75, 3.05) is 11.9 Å². The molecular formula is C20H18BrN3O2S. The number of anilines is 1. The van der Waals surface area contributed by atoms with Crippen LogP contribution in [0.4, 0.5) is 5.69 Å². The summed E-state index contributed by atoms with van der Waals surface area (Å²) in [5.74, 6) is 0.418. The molecule has 0 unspecified atom stereocenters. The van der Waals surface area contributed by atoms with Crippen molar-refractivity contribution in [3.05, 3.63) is 63.0 Å². The highest BCUT2D eigenvalue weighted by molar-refractivity contribution is 9.10. The average molecular weight is 444 g/mol. The van der Waals surface area contributed by atoms with Crippen LogP contribution in [0.1, 0.15) is 18.1 Å². The largest absolute Gasteiger partial charge is 0.478 e. The maximum Gasteiger partial charge on any atom is 0.260 e. The molecule has 1 amide bonds. The molecule has 0 bridgehead atoms. The first-order valence-corrected chi connectivity index (χ1v) is 10.1. The molecule has 138 valence electrons. The quantitative estimate of drug-likeness (QED) is 0.642. The van der Waals surface area contributed by atoms with Gasteiger partial charge in [-0.15, -0.1) is 0 Å². The molecule has 0 aliphatic carbocycles. The Labute approximate surface area is 170 Å². The van der Waals surface area contributed by atoms with E-state index < -0.39 is 0 Å². The van der Waals surface area contributed by atoms with Crippen molar-refractivity contribution in [2.24, 2.45) is 0 Å². The van der Waals surface area contributed by atoms with Gasteiger partial charge >= 0.3 is 0 Å². The first-order valence-electron chi connectivity index (χ1n) is 8.43. The Morgan fingerprint density at radius 1 is 1.33 bits per heavy atom. The number of carbonyl (C=O) groups excluding carboxylic acids is 1. The summed E-state index contributed by atoms with van der Waals surface area (Å²) >= 11 is 4.84. The summed E-state index contributed by atoms with van der Waals surface area (Å²) in [7, 11) is 0. The molecule has 1 heterocycles. The lowest BCUT2D eigenvalue weighted by molar-refractivity contribution is -0.116. The second kappa shape index (κ2) is 8.98. The lowest BCUT2D eigenvalue weighted by Crippen LogP contribution is -2.30. The predicted octanol–water partition coefficient (Wildman–Crippen LogP) is 4.51. The maximum absolute atomic E-state index is 12.3. The average Bonchev–Trinajstić information content (AvgIpc) is 3.00. The summed E-state index contributed by atoms with van der Waals surface area (Å²) in [6, 6.07) is 15.6. The topological polar surface area (TPSA) is 74.2 Å². The Morgan fingerprint density at radius 3 is 2.81 bits per heavy atom. The molecule has 0 aromatic heterocycles. The van der Waals surface area contributed by atoms with Crippen molar-refractivity contribution < 1.29 is 9.53 Å². The SMILES string of the molecule is CCc1ccc(N[C@@H]2NC(=O)/C(=C/c3cc(Br)ccc3OCC#N)S2)cc1. The van der Waals surface area contributed by atoms with Crippen molar-refractivity contribution >= 4 is 45.4 Å². The minimum atomic E-state index is -0.244. The maximum atomic E-state index is 12.3. The van der Waals surface area contributed by atoms with E-state index in [4.69, 9.17) is 10.00 Å². The van der Waals surface area contributed by atoms with Crippen LogP contribution in [0.25, 0.3) is 6.08 Å². The van der Waals surface area contributed by atoms with Gasteiger partial charge < -0.3 is 15.4 Å². The number of hydrogen-bond donors (Lipinski definition) is 2. The summed E-state index contributed by atoms with van der Waals surface area (Å²) < 4.78 is 6.32. The highest BCUT2D eigenvalue weighted by Crippen LogP contribution is 2.33. The summed E-state index contributed by atoms with van der Waals surface area (Å²) in [6.45, 7) is 2.07. The molecular weight excluding hydrogens is 426 g/mol. The lowest BCUT2D eigenvalue weighted by atomic mass is 10.1. The van der Waals surface area contributed by atoms with E-state index in [1.54, 1.807) is 12.1 Å². The molecule has 2 aromatic carbocycles. The van der Waals surface area contributed by atoms with Crippen molar-refractivity contribution in [1.82, 2.24) is 5.32 Å². The second-order valence-corrected chi connectivity index (χ2v) is 7.87. The molecule has 1 atom stereocenters. The number of rotatable bonds is 6. The number of amides is 1. The van der Waals surface area contributed by atoms with Gasteiger partial charge in [-0.3, -0.25) is 4.79 Å². The minimum Gasteiger partial charge on any atom is -0.478 e. The van der Waals surface area contributed by atoms with E-state index in [1.807, 2.05) is 30.3 Å². The Bertz CT molecular complexity index is 906. The molecule has 27 heavy (non-hydrogen) atoms. The fourth-order valence-electron chi connectivity index (χ4n) is 2.57. The van der Waals surface area contributed by atoms with Gasteiger partial charge in [-0.25, -0.2) is 0 Å². The highest BCUT2D eigenvalue weighted by atomic mass is 79.9. The third kappa shape index (κ3) is 5.06. The normalized spacial score (nSPS) is 17.4. The number of nitrogens with zero attached hydrogens (tertiary/aromatic N) is 1. The standard InChI is InChI=1S/C20H18BrN3O2S/c1-2-13-3-6-16(7-4-13)23-20-24-19(25)18(27-20)12-14-11-15(21)5-8-17(14)26-10-9-22/h3-8,11-12,20,23H,2,10H2,1H3,(H,24,25)/b18-12-/t20-/m1/s1. The minimum absolute atomic E-state index is 0.0465. The van der Waals surface area contributed by atoms with Crippen molar-refractivity contribution in [3.63, 3.8) is 0 Å². The molecule has 7 heteroatoms. The van der Waals surface area contributed by atoms with Gasteiger partial charge in [0.25, 0.3) is 5.91 Å². The van der Waals surface area contributed by atoms with Crippen molar-refractivity contribution in [3.8, 4) is 11.8 Å². The Hall–Kier alpha value is -2.43. The van der Waals surface area contributed by atoms with Crippen LogP contribution < -0.4 is 15.4 Å². The zero-order valence-electron chi connectivity index (χ0n) is 14.7. The van der Waals surface area contributed by atoms with Gasteiger partial charge in [-0.05, 0) is 48.4 Å². The number of nitrogens with one attached hydrogen (secondary N) is 2. The van der Waals surface area contributed by atoms with E-state index in [2.05, 4.69) is 45.6 Å². The predicted molar refractivity (Wildman–Crippen MR) is 112 cm³/mol. The first-order chi connectivity index (χ1) is 13.1. The number of nitriles is 1. The first kappa shape index (κ1) is 19.3. The zero-order valence-corrected chi connectivity index (χ0v) is 17.1. The molecule has 1 saturated heterocycles. The fraction of sp³-hybridized carbons (Fsp3) is 0.200. The van der Waals surface area contributed by atoms with Gasteiger partial charge in [0.1, 0.15) is 11.8 Å². The number of halogens is 1. The van der Waals surface area contributed by atoms with Gasteiger partial charge in [0, 0.05) is 15.7 Å². The van der Waals surface area contributed by atoms with E-state index in [9.17, 15) is 4.79 Å². The van der Waals surface area contributed by atoms with Gasteiger partial charge in [-0.2, -0.15) is 5.26 Å². The van der Waals surface area contributed by atoms with E-state index in [0.717, 1.165) is 22.1 Å². The van der Waals surface area contributed by atoms with Crippen LogP contribution in [0.3, 0.4) is 0 Å². The molecule has 5 nitrogen and oxygen atoms in total. The summed E-state index contributed by atoms with van der Waals surface area (Å²) in [4.78, 5) is 12.9. The fourth-order valence-corrected chi connectivity index (χ4v) is 3.92. The smallest absolute Gasteiger partial charge is 0.260 e. The van der Waals surface area contributed by atoms with Crippen molar-refractivity contribution in [1.29, 1.82) is 5.26 Å². The molecule has 3 rings (SSSR count). The Balaban J connectivity index is 1.75. The Kier molecular flexibility index (Phi) is 6.43. The monoisotopic (exact) mass is 443 g/mol. The highest BCUT2D eigenvalue weighted by Gasteiger charge is 2.27. The van der Waals surface area contributed by atoms with Crippen LogP contribution >= 0.6 is 27.7 Å². The molecule has 1 fully saturated rings. The van der Waals surface area contributed by atoms with Crippen LogP contribution in [0, 0.1) is 11.3 Å². The molecule has 0 radical (unpaired) electrons. The number of thioether (sulfide) groups is 1. The van der Waals surface area contributed by atoms with E-state index in [0.29, 0.717) is 10.7 Å². The summed E-state index contributed by atoms with van der Waals surface area (Å²) in [5, 5.41) is 15.0. The Morgan fingerprint density at radius 2 is 2.11 bits per heavy atom. The molecule has 2 N–H and O–H groups in total. The van der Waals surface area contributed by atoms with E-state index >= 15 is 0 Å². The molecule has 1 aliphatic heterocycles. The van der Waals surface area contributed by atoms with Crippen LogP contribution in [0.15, 0.2) is 51.8 Å². The summed E-state index contributed by atoms with van der Waals surface area (Å²) in [6.07, 6.45) is 2.77. The number of aryl methyl sites for hydroxylation is 1. The van der Waals surface area contributed by atoms with Crippen LogP contribution in [0.5, 0.6) is 5.75 Å². The van der Waals surface area contributed by atoms with E-state index in [1.165, 1.54) is 17.3 Å². The van der Waals surface area contributed by atoms with E-state index in [-0.39, 0.29) is 18.0 Å². The van der Waals surface area contributed by atoms with Gasteiger partial charge in [0.2, 0.25) is 0 Å². The number of benzene rings is 2. The van der Waals surface area contributed by atoms with Crippen LogP contribution in [0.2, 0.25) is 0 Å². The number of hydrogen-bond acceptors (Lipinski definition) is 5. The van der Waals surface area contributed by atoms with Crippen molar-refractivity contribution in [2.45, 2.75) is 18.8 Å². The molecule has 0 saturated carbocycles. The third-order valence-electron chi connectivity index (χ3n) is 3.94. The van der Waals surface area contributed by atoms with Gasteiger partial charge in [0.05, 0.1) is 4.91 Å². The zero-order chi connectivity index (χ0) is 19.2. The number of ether oxygens (including phenoxy) is 1. The summed E-state index contributed by atoms with van der Waals surface area (Å²) in [5.41, 5.74) is 2.72. The lowest BCUT2D eigenvalue weighted by Gasteiger charge is -2.13. The molecule has 2 aromatic rings. The second-order valence-electron chi connectivity index (χ2n) is 5.80. The third-order valence-corrected chi connectivity index (χ3v) is 5.46. The van der Waals surface area contributed by atoms with Gasteiger partial charge in [-0.1, -0.05) is 46.7 Å². The molecule has 0 spiro atoms. The van der Waals surface area contributed by atoms with Gasteiger partial charge in [0.15, 0.2) is 12.1 Å². The number of carbonyl (C=O) groups is 1. The van der Waals surface area contributed by atoms with Crippen LogP contribution in [-0.4, -0.2) is 18.0 Å².